The van der Waals surface area contributed by atoms with Crippen LogP contribution in [0.3, 0.4) is 0 Å². The van der Waals surface area contributed by atoms with Crippen LogP contribution < -0.4 is 16.0 Å². The second-order valence-electron chi connectivity index (χ2n) is 4.43. The number of benzene rings is 1. The molecule has 4 nitrogen and oxygen atoms in total. The first-order valence-electron chi connectivity index (χ1n) is 5.92. The molecule has 3 N–H and O–H groups in total. The molecule has 0 aliphatic heterocycles. The third-order valence-corrected chi connectivity index (χ3v) is 3.53. The Labute approximate surface area is 117 Å². The molecule has 0 spiro atoms. The third-order valence-electron chi connectivity index (χ3n) is 3.22. The zero-order valence-electron chi connectivity index (χ0n) is 11.2. The predicted octanol–water partition coefficient (Wildman–Crippen LogP) is 3.11. The van der Waals surface area contributed by atoms with Crippen molar-refractivity contribution in [3.8, 4) is 5.75 Å². The van der Waals surface area contributed by atoms with Gasteiger partial charge >= 0.3 is 0 Å². The number of aryl methyl sites for hydroxylation is 2. The topological polar surface area (TPSA) is 60.4 Å². The maximum absolute atomic E-state index is 6.03. The molecule has 1 heterocycles. The molecule has 2 rings (SSSR count). The van der Waals surface area contributed by atoms with Gasteiger partial charge in [0, 0.05) is 5.56 Å². The largest absolute Gasteiger partial charge is 0.496 e. The molecule has 1 aromatic heterocycles. The van der Waals surface area contributed by atoms with E-state index in [-0.39, 0.29) is 6.04 Å². The van der Waals surface area contributed by atoms with Crippen LogP contribution in [-0.2, 0) is 0 Å². The van der Waals surface area contributed by atoms with Gasteiger partial charge in [-0.2, -0.15) is 0 Å². The molecule has 5 heteroatoms. The van der Waals surface area contributed by atoms with Gasteiger partial charge in [0.1, 0.15) is 5.75 Å². The Morgan fingerprint density at radius 3 is 2.53 bits per heavy atom. The van der Waals surface area contributed by atoms with Crippen molar-refractivity contribution in [2.75, 3.05) is 7.11 Å². The molecule has 1 unspecified atom stereocenters. The van der Waals surface area contributed by atoms with Crippen LogP contribution in [0, 0.1) is 13.8 Å². The Hall–Kier alpha value is -1.49. The molecule has 0 saturated heterocycles. The number of hydrazine groups is 1. The molecule has 19 heavy (non-hydrogen) atoms. The van der Waals surface area contributed by atoms with Crippen molar-refractivity contribution >= 4 is 11.6 Å². The summed E-state index contributed by atoms with van der Waals surface area (Å²) in [5.74, 6) is 6.53. The van der Waals surface area contributed by atoms with Crippen LogP contribution in [-0.4, -0.2) is 7.11 Å². The molecular weight excluding hydrogens is 264 g/mol. The minimum absolute atomic E-state index is 0.212. The number of halogens is 1. The van der Waals surface area contributed by atoms with Crippen molar-refractivity contribution in [1.29, 1.82) is 0 Å². The van der Waals surface area contributed by atoms with E-state index in [1.807, 2.05) is 32.0 Å². The minimum atomic E-state index is -0.212. The lowest BCUT2D eigenvalue weighted by Crippen LogP contribution is -2.29. The first-order chi connectivity index (χ1) is 9.08. The van der Waals surface area contributed by atoms with Gasteiger partial charge in [-0.05, 0) is 54.3 Å². The Balaban J connectivity index is 2.50. The summed E-state index contributed by atoms with van der Waals surface area (Å²) in [6, 6.07) is 5.63. The SMILES string of the molecule is COc1cc(C)c(C(NN)c2ccoc2Cl)cc1C. The quantitative estimate of drug-likeness (QED) is 0.667. The molecule has 1 aromatic carbocycles. The number of nitrogens with two attached hydrogens (primary N) is 1. The molecular formula is C14H17ClN2O2. The highest BCUT2D eigenvalue weighted by Gasteiger charge is 2.20. The highest BCUT2D eigenvalue weighted by molar-refractivity contribution is 6.29. The van der Waals surface area contributed by atoms with Crippen molar-refractivity contribution in [1.82, 2.24) is 5.43 Å². The van der Waals surface area contributed by atoms with E-state index < -0.39 is 0 Å². The van der Waals surface area contributed by atoms with E-state index in [9.17, 15) is 0 Å². The fourth-order valence-electron chi connectivity index (χ4n) is 2.20. The highest BCUT2D eigenvalue weighted by atomic mass is 35.5. The second-order valence-corrected chi connectivity index (χ2v) is 4.77. The van der Waals surface area contributed by atoms with Crippen molar-refractivity contribution in [2.24, 2.45) is 5.84 Å². The van der Waals surface area contributed by atoms with Gasteiger partial charge in [0.2, 0.25) is 0 Å². The van der Waals surface area contributed by atoms with Gasteiger partial charge in [0.05, 0.1) is 19.4 Å². The van der Waals surface area contributed by atoms with E-state index in [1.165, 1.54) is 0 Å². The van der Waals surface area contributed by atoms with Gasteiger partial charge in [-0.25, -0.2) is 5.43 Å². The summed E-state index contributed by atoms with van der Waals surface area (Å²) in [6.45, 7) is 4.00. The zero-order chi connectivity index (χ0) is 14.0. The molecule has 0 aliphatic rings. The fraction of sp³-hybridized carbons (Fsp3) is 0.286. The van der Waals surface area contributed by atoms with Crippen molar-refractivity contribution in [2.45, 2.75) is 19.9 Å². The van der Waals surface area contributed by atoms with E-state index >= 15 is 0 Å². The summed E-state index contributed by atoms with van der Waals surface area (Å²) >= 11 is 6.03. The van der Waals surface area contributed by atoms with Crippen molar-refractivity contribution in [3.63, 3.8) is 0 Å². The lowest BCUT2D eigenvalue weighted by molar-refractivity contribution is 0.411. The van der Waals surface area contributed by atoms with E-state index in [0.29, 0.717) is 5.22 Å². The number of ether oxygens (including phenoxy) is 1. The molecule has 102 valence electrons. The van der Waals surface area contributed by atoms with Crippen LogP contribution in [0.2, 0.25) is 5.22 Å². The molecule has 0 aliphatic carbocycles. The van der Waals surface area contributed by atoms with Crippen LogP contribution in [0.1, 0.15) is 28.3 Å². The average Bonchev–Trinajstić information content (AvgIpc) is 2.80. The van der Waals surface area contributed by atoms with Crippen LogP contribution in [0.15, 0.2) is 28.9 Å². The molecule has 1 atom stereocenters. The summed E-state index contributed by atoms with van der Waals surface area (Å²) in [7, 11) is 1.66. The standard InChI is InChI=1S/C14H17ClN2O2/c1-8-7-12(18-3)9(2)6-11(8)13(17-16)10-4-5-19-14(10)15/h4-7,13,17H,16H2,1-3H3. The maximum Gasteiger partial charge on any atom is 0.198 e. The summed E-state index contributed by atoms with van der Waals surface area (Å²) in [4.78, 5) is 0. The van der Waals surface area contributed by atoms with E-state index in [4.69, 9.17) is 26.6 Å². The van der Waals surface area contributed by atoms with E-state index in [2.05, 4.69) is 5.43 Å². The molecule has 0 bridgehead atoms. The first-order valence-corrected chi connectivity index (χ1v) is 6.30. The number of nitrogens with one attached hydrogen (secondary N) is 1. The van der Waals surface area contributed by atoms with Crippen molar-refractivity contribution in [3.05, 3.63) is 51.9 Å². The maximum atomic E-state index is 6.03. The summed E-state index contributed by atoms with van der Waals surface area (Å²) in [5, 5.41) is 0.343. The van der Waals surface area contributed by atoms with E-state index in [0.717, 1.165) is 28.0 Å². The zero-order valence-corrected chi connectivity index (χ0v) is 11.9. The number of furan rings is 1. The van der Waals surface area contributed by atoms with Crippen LogP contribution in [0.4, 0.5) is 0 Å². The summed E-state index contributed by atoms with van der Waals surface area (Å²) in [6.07, 6.45) is 1.55. The normalized spacial score (nSPS) is 12.5. The fourth-order valence-corrected chi connectivity index (χ4v) is 2.42. The highest BCUT2D eigenvalue weighted by Crippen LogP contribution is 2.33. The van der Waals surface area contributed by atoms with Crippen molar-refractivity contribution < 1.29 is 9.15 Å². The Bertz CT molecular complexity index is 581. The Morgan fingerprint density at radius 2 is 2.00 bits per heavy atom. The smallest absolute Gasteiger partial charge is 0.198 e. The molecule has 0 fully saturated rings. The summed E-state index contributed by atoms with van der Waals surface area (Å²) in [5.41, 5.74) is 6.76. The van der Waals surface area contributed by atoms with Gasteiger partial charge in [0.15, 0.2) is 5.22 Å². The number of hydrogen-bond donors (Lipinski definition) is 2. The number of methoxy groups -OCH3 is 1. The monoisotopic (exact) mass is 280 g/mol. The number of rotatable bonds is 4. The Morgan fingerprint density at radius 1 is 1.26 bits per heavy atom. The second kappa shape index (κ2) is 5.65. The molecule has 0 saturated carbocycles. The lowest BCUT2D eigenvalue weighted by atomic mass is 9.95. The van der Waals surface area contributed by atoms with Crippen LogP contribution in [0.25, 0.3) is 0 Å². The van der Waals surface area contributed by atoms with Gasteiger partial charge in [-0.3, -0.25) is 5.84 Å². The van der Waals surface area contributed by atoms with Gasteiger partial charge in [0.25, 0.3) is 0 Å². The molecule has 0 amide bonds. The number of hydrogen-bond acceptors (Lipinski definition) is 4. The Kier molecular flexibility index (Phi) is 4.14. The van der Waals surface area contributed by atoms with Gasteiger partial charge < -0.3 is 9.15 Å². The predicted molar refractivity (Wildman–Crippen MR) is 75.4 cm³/mol. The first kappa shape index (κ1) is 13.9. The average molecular weight is 281 g/mol. The minimum Gasteiger partial charge on any atom is -0.496 e. The van der Waals surface area contributed by atoms with Crippen LogP contribution in [0.5, 0.6) is 5.75 Å². The van der Waals surface area contributed by atoms with Gasteiger partial charge in [-0.15, -0.1) is 0 Å². The molecule has 0 radical (unpaired) electrons. The third kappa shape index (κ3) is 2.61. The summed E-state index contributed by atoms with van der Waals surface area (Å²) < 4.78 is 10.4. The van der Waals surface area contributed by atoms with E-state index in [1.54, 1.807) is 13.4 Å². The van der Waals surface area contributed by atoms with Crippen LogP contribution >= 0.6 is 11.6 Å². The lowest BCUT2D eigenvalue weighted by Gasteiger charge is -2.19. The molecule has 2 aromatic rings. The van der Waals surface area contributed by atoms with Gasteiger partial charge in [-0.1, -0.05) is 6.07 Å².